The number of alkyl halides is 6. The Kier molecular flexibility index (Phi) is 4.84. The highest BCUT2D eigenvalue weighted by Crippen LogP contribution is 2.50. The molecule has 0 spiro atoms. The van der Waals surface area contributed by atoms with Crippen LogP contribution in [0.5, 0.6) is 0 Å². The Hall–Kier alpha value is -0.420. The maximum Gasteiger partial charge on any atom is 0.453 e. The minimum Gasteiger partial charge on any atom is -0.247 e. The third-order valence-electron chi connectivity index (χ3n) is 5.38. The van der Waals surface area contributed by atoms with Gasteiger partial charge in [-0.05, 0) is 49.9 Å². The molecule has 3 unspecified atom stereocenters. The number of rotatable bonds is 2. The molecule has 2 aliphatic carbocycles. The summed E-state index contributed by atoms with van der Waals surface area (Å²) in [5.74, 6) is -6.24. The van der Waals surface area contributed by atoms with Gasteiger partial charge in [-0.2, -0.15) is 22.0 Å². The molecule has 0 heterocycles. The molecule has 6 heteroatoms. The van der Waals surface area contributed by atoms with Crippen LogP contribution in [0.15, 0.2) is 0 Å². The molecule has 2 saturated carbocycles. The molecule has 0 aromatic carbocycles. The molecule has 124 valence electrons. The lowest BCUT2D eigenvalue weighted by Crippen LogP contribution is -2.49. The molecular weight excluding hydrogens is 294 g/mol. The predicted octanol–water partition coefficient (Wildman–Crippen LogP) is 5.76. The van der Waals surface area contributed by atoms with Crippen molar-refractivity contribution in [2.45, 2.75) is 70.1 Å². The van der Waals surface area contributed by atoms with Crippen molar-refractivity contribution in [1.82, 2.24) is 0 Å². The average Bonchev–Trinajstić information content (AvgIpc) is 2.37. The van der Waals surface area contributed by atoms with Gasteiger partial charge in [0.25, 0.3) is 0 Å². The van der Waals surface area contributed by atoms with Gasteiger partial charge in [-0.3, -0.25) is 0 Å². The Labute approximate surface area is 121 Å². The van der Waals surface area contributed by atoms with Gasteiger partial charge in [-0.15, -0.1) is 0 Å². The van der Waals surface area contributed by atoms with E-state index in [0.29, 0.717) is 11.8 Å². The summed E-state index contributed by atoms with van der Waals surface area (Å²) in [4.78, 5) is 0. The molecule has 3 atom stereocenters. The van der Waals surface area contributed by atoms with E-state index in [-0.39, 0.29) is 25.2 Å². The van der Waals surface area contributed by atoms with Crippen LogP contribution in [0.3, 0.4) is 0 Å². The van der Waals surface area contributed by atoms with Gasteiger partial charge in [-0.1, -0.05) is 19.8 Å². The van der Waals surface area contributed by atoms with Crippen molar-refractivity contribution in [2.75, 3.05) is 0 Å². The first-order valence-corrected chi connectivity index (χ1v) is 7.71. The maximum atomic E-state index is 14.0. The molecule has 2 fully saturated rings. The van der Waals surface area contributed by atoms with Crippen molar-refractivity contribution < 1.29 is 26.3 Å². The summed E-state index contributed by atoms with van der Waals surface area (Å²) < 4.78 is 77.7. The van der Waals surface area contributed by atoms with Crippen LogP contribution in [-0.4, -0.2) is 18.3 Å². The van der Waals surface area contributed by atoms with Crippen LogP contribution in [0.25, 0.3) is 0 Å². The van der Waals surface area contributed by atoms with Crippen molar-refractivity contribution in [1.29, 1.82) is 0 Å². The van der Waals surface area contributed by atoms with Crippen LogP contribution >= 0.6 is 0 Å². The summed E-state index contributed by atoms with van der Waals surface area (Å²) in [7, 11) is 0. The Bertz CT molecular complexity index is 343. The molecule has 21 heavy (non-hydrogen) atoms. The van der Waals surface area contributed by atoms with Gasteiger partial charge in [0.05, 0.1) is 5.92 Å². The molecule has 0 bridgehead atoms. The van der Waals surface area contributed by atoms with Crippen LogP contribution in [0.1, 0.15) is 51.9 Å². The summed E-state index contributed by atoms with van der Waals surface area (Å²) in [6, 6.07) is 0. The first kappa shape index (κ1) is 16.9. The molecule has 0 N–H and O–H groups in total. The smallest absolute Gasteiger partial charge is 0.247 e. The second-order valence-corrected chi connectivity index (χ2v) is 6.84. The zero-order valence-corrected chi connectivity index (χ0v) is 12.1. The van der Waals surface area contributed by atoms with E-state index < -0.39 is 24.2 Å². The third-order valence-corrected chi connectivity index (χ3v) is 5.38. The summed E-state index contributed by atoms with van der Waals surface area (Å²) in [6.45, 7) is 2.15. The second-order valence-electron chi connectivity index (χ2n) is 6.84. The Morgan fingerprint density at radius 1 is 0.762 bits per heavy atom. The zero-order valence-electron chi connectivity index (χ0n) is 12.1. The van der Waals surface area contributed by atoms with Crippen LogP contribution in [0, 0.1) is 23.7 Å². The summed E-state index contributed by atoms with van der Waals surface area (Å²) in [5.41, 5.74) is 0. The molecule has 0 aromatic rings. The molecule has 0 aliphatic heterocycles. The molecule has 0 aromatic heterocycles. The lowest BCUT2D eigenvalue weighted by atomic mass is 9.68. The minimum absolute atomic E-state index is 0.0345. The van der Waals surface area contributed by atoms with Gasteiger partial charge in [-0.25, -0.2) is 4.39 Å². The van der Waals surface area contributed by atoms with E-state index in [1.807, 2.05) is 0 Å². The zero-order chi connectivity index (χ0) is 15.8. The Balaban J connectivity index is 1.96. The highest BCUT2D eigenvalue weighted by molar-refractivity contribution is 4.94. The molecule has 0 radical (unpaired) electrons. The van der Waals surface area contributed by atoms with Crippen molar-refractivity contribution in [2.24, 2.45) is 23.7 Å². The van der Waals surface area contributed by atoms with E-state index >= 15 is 0 Å². The third kappa shape index (κ3) is 3.50. The van der Waals surface area contributed by atoms with Crippen LogP contribution in [0.2, 0.25) is 0 Å². The Morgan fingerprint density at radius 2 is 1.29 bits per heavy atom. The largest absolute Gasteiger partial charge is 0.453 e. The highest BCUT2D eigenvalue weighted by Gasteiger charge is 2.64. The fourth-order valence-electron chi connectivity index (χ4n) is 3.95. The topological polar surface area (TPSA) is 0 Å². The Morgan fingerprint density at radius 3 is 1.76 bits per heavy atom. The molecule has 2 rings (SSSR count). The molecular formula is C15H22F6. The van der Waals surface area contributed by atoms with Crippen molar-refractivity contribution >= 4 is 0 Å². The van der Waals surface area contributed by atoms with E-state index in [0.717, 1.165) is 25.7 Å². The number of hydrogen-bond donors (Lipinski definition) is 0. The molecule has 0 saturated heterocycles. The van der Waals surface area contributed by atoms with Gasteiger partial charge in [0, 0.05) is 0 Å². The summed E-state index contributed by atoms with van der Waals surface area (Å²) in [5, 5.41) is 0. The van der Waals surface area contributed by atoms with E-state index in [1.54, 1.807) is 0 Å². The normalized spacial score (nSPS) is 39.3. The predicted molar refractivity (Wildman–Crippen MR) is 67.9 cm³/mol. The van der Waals surface area contributed by atoms with Crippen molar-refractivity contribution in [3.63, 3.8) is 0 Å². The van der Waals surface area contributed by atoms with E-state index in [1.165, 1.54) is 0 Å². The fourth-order valence-corrected chi connectivity index (χ4v) is 3.95. The quantitative estimate of drug-likeness (QED) is 0.568. The van der Waals surface area contributed by atoms with Crippen molar-refractivity contribution in [3.05, 3.63) is 0 Å². The van der Waals surface area contributed by atoms with Crippen LogP contribution in [0.4, 0.5) is 26.3 Å². The molecule has 0 nitrogen and oxygen atoms in total. The first-order valence-electron chi connectivity index (χ1n) is 7.71. The lowest BCUT2D eigenvalue weighted by Gasteiger charge is -2.41. The van der Waals surface area contributed by atoms with E-state index in [2.05, 4.69) is 6.92 Å². The van der Waals surface area contributed by atoms with Gasteiger partial charge in [0.2, 0.25) is 0 Å². The van der Waals surface area contributed by atoms with Gasteiger partial charge >= 0.3 is 12.1 Å². The van der Waals surface area contributed by atoms with Crippen LogP contribution < -0.4 is 0 Å². The molecule has 2 aliphatic rings. The standard InChI is InChI=1S/C15H22F6/c1-9-2-4-10(5-3-9)11-6-7-12(13(16)8-11)14(17,18)15(19,20)21/h9-13H,2-8H2,1H3. The number of halogens is 6. The highest BCUT2D eigenvalue weighted by atomic mass is 19.4. The number of hydrogen-bond acceptors (Lipinski definition) is 0. The summed E-state index contributed by atoms with van der Waals surface area (Å²) in [6.07, 6.45) is -3.97. The SMILES string of the molecule is CC1CCC(C2CCC(C(F)(F)C(F)(F)F)C(F)C2)CC1. The van der Waals surface area contributed by atoms with Crippen LogP contribution in [-0.2, 0) is 0 Å². The fraction of sp³-hybridized carbons (Fsp3) is 1.00. The first-order chi connectivity index (χ1) is 9.63. The van der Waals surface area contributed by atoms with E-state index in [4.69, 9.17) is 0 Å². The van der Waals surface area contributed by atoms with Gasteiger partial charge in [0.1, 0.15) is 6.17 Å². The second kappa shape index (κ2) is 5.99. The minimum atomic E-state index is -5.66. The average molecular weight is 316 g/mol. The molecule has 0 amide bonds. The van der Waals surface area contributed by atoms with Gasteiger partial charge < -0.3 is 0 Å². The van der Waals surface area contributed by atoms with E-state index in [9.17, 15) is 26.3 Å². The van der Waals surface area contributed by atoms with Gasteiger partial charge in [0.15, 0.2) is 0 Å². The lowest BCUT2D eigenvalue weighted by molar-refractivity contribution is -0.312. The van der Waals surface area contributed by atoms with Crippen molar-refractivity contribution in [3.8, 4) is 0 Å². The monoisotopic (exact) mass is 316 g/mol. The summed E-state index contributed by atoms with van der Waals surface area (Å²) >= 11 is 0. The maximum absolute atomic E-state index is 14.0.